The van der Waals surface area contributed by atoms with Crippen molar-refractivity contribution in [3.05, 3.63) is 204 Å². The summed E-state index contributed by atoms with van der Waals surface area (Å²) in [4.78, 5) is 2.39. The molecule has 0 fully saturated rings. The highest BCUT2D eigenvalue weighted by Gasteiger charge is 2.53. The maximum Gasteiger partial charge on any atom is 0.171 e. The van der Waals surface area contributed by atoms with E-state index >= 15 is 4.57 Å². The molecule has 0 N–H and O–H groups in total. The molecule has 0 bridgehead atoms. The Labute approximate surface area is 269 Å². The van der Waals surface area contributed by atoms with Crippen molar-refractivity contribution in [1.29, 1.82) is 0 Å². The summed E-state index contributed by atoms with van der Waals surface area (Å²) in [6.07, 6.45) is 0. The molecule has 7 aromatic rings. The zero-order valence-electron chi connectivity index (χ0n) is 25.1. The van der Waals surface area contributed by atoms with Crippen molar-refractivity contribution in [2.24, 2.45) is 0 Å². The molecule has 0 aromatic heterocycles. The fourth-order valence-electron chi connectivity index (χ4n) is 7.96. The zero-order chi connectivity index (χ0) is 30.7. The predicted octanol–water partition coefficient (Wildman–Crippen LogP) is 9.47. The number of rotatable bonds is 4. The summed E-state index contributed by atoms with van der Waals surface area (Å²) >= 11 is 0. The Morgan fingerprint density at radius 2 is 0.870 bits per heavy atom. The smallest absolute Gasteiger partial charge is 0.171 e. The van der Waals surface area contributed by atoms with E-state index in [0.29, 0.717) is 0 Å². The Morgan fingerprint density at radius 3 is 1.46 bits per heavy atom. The molecule has 0 saturated carbocycles. The Morgan fingerprint density at radius 1 is 0.413 bits per heavy atom. The topological polar surface area (TPSA) is 20.3 Å². The number of anilines is 3. The van der Waals surface area contributed by atoms with Crippen LogP contribution >= 0.6 is 7.14 Å². The SMILES string of the molecule is O=P(c1ccccc1)(c1ccccc1)c1cccc2c1-c1ccccc1C21c2ccccc2N(c2ccccc2)c2ccccc21. The lowest BCUT2D eigenvalue weighted by molar-refractivity contribution is 0.592. The highest BCUT2D eigenvalue weighted by Crippen LogP contribution is 2.64. The van der Waals surface area contributed by atoms with E-state index in [1.54, 1.807) is 0 Å². The molecule has 1 aliphatic carbocycles. The van der Waals surface area contributed by atoms with E-state index in [-0.39, 0.29) is 0 Å². The van der Waals surface area contributed by atoms with Gasteiger partial charge >= 0.3 is 0 Å². The normalized spacial score (nSPS) is 13.9. The van der Waals surface area contributed by atoms with Crippen LogP contribution in [0, 0.1) is 0 Å². The lowest BCUT2D eigenvalue weighted by atomic mass is 9.64. The maximum absolute atomic E-state index is 16.0. The van der Waals surface area contributed by atoms with Gasteiger partial charge in [0.1, 0.15) is 0 Å². The molecule has 1 heterocycles. The molecule has 0 amide bonds. The molecular formula is C43H30NOP. The van der Waals surface area contributed by atoms with Gasteiger partial charge in [0.05, 0.1) is 16.8 Å². The number of benzene rings is 7. The number of para-hydroxylation sites is 3. The van der Waals surface area contributed by atoms with Crippen molar-refractivity contribution in [3.8, 4) is 11.1 Å². The number of fused-ring (bicyclic) bond motifs is 9. The van der Waals surface area contributed by atoms with Gasteiger partial charge in [0.15, 0.2) is 7.14 Å². The van der Waals surface area contributed by atoms with E-state index in [9.17, 15) is 0 Å². The molecule has 1 spiro atoms. The fourth-order valence-corrected chi connectivity index (χ4v) is 10.8. The fraction of sp³-hybridized carbons (Fsp3) is 0.0233. The second-order valence-corrected chi connectivity index (χ2v) is 14.7. The minimum Gasteiger partial charge on any atom is -0.310 e. The van der Waals surface area contributed by atoms with Gasteiger partial charge < -0.3 is 9.46 Å². The quantitative estimate of drug-likeness (QED) is 0.186. The summed E-state index contributed by atoms with van der Waals surface area (Å²) in [6.45, 7) is 0. The molecule has 0 unspecified atom stereocenters. The van der Waals surface area contributed by atoms with Crippen molar-refractivity contribution >= 4 is 40.1 Å². The lowest BCUT2D eigenvalue weighted by Crippen LogP contribution is -2.36. The molecule has 46 heavy (non-hydrogen) atoms. The second-order valence-electron chi connectivity index (χ2n) is 12.0. The molecule has 7 aromatic carbocycles. The van der Waals surface area contributed by atoms with E-state index in [0.717, 1.165) is 44.1 Å². The van der Waals surface area contributed by atoms with Crippen molar-refractivity contribution in [3.63, 3.8) is 0 Å². The molecule has 9 rings (SSSR count). The Hall–Kier alpha value is -5.43. The maximum atomic E-state index is 16.0. The van der Waals surface area contributed by atoms with Crippen LogP contribution in [0.2, 0.25) is 0 Å². The summed E-state index contributed by atoms with van der Waals surface area (Å²) in [6, 6.07) is 63.5. The van der Waals surface area contributed by atoms with Crippen LogP contribution in [0.15, 0.2) is 182 Å². The molecule has 0 radical (unpaired) electrons. The van der Waals surface area contributed by atoms with Crippen LogP contribution in [0.5, 0.6) is 0 Å². The molecule has 0 saturated heterocycles. The number of hydrogen-bond acceptors (Lipinski definition) is 2. The van der Waals surface area contributed by atoms with E-state index < -0.39 is 12.6 Å². The van der Waals surface area contributed by atoms with Crippen LogP contribution in [0.25, 0.3) is 11.1 Å². The van der Waals surface area contributed by atoms with Gasteiger partial charge in [-0.3, -0.25) is 0 Å². The van der Waals surface area contributed by atoms with Crippen LogP contribution in [-0.2, 0) is 9.98 Å². The van der Waals surface area contributed by atoms with Gasteiger partial charge in [0.25, 0.3) is 0 Å². The Kier molecular flexibility index (Phi) is 6.03. The zero-order valence-corrected chi connectivity index (χ0v) is 26.0. The van der Waals surface area contributed by atoms with Gasteiger partial charge in [-0.05, 0) is 57.6 Å². The van der Waals surface area contributed by atoms with E-state index in [1.165, 1.54) is 22.3 Å². The van der Waals surface area contributed by atoms with Crippen molar-refractivity contribution < 1.29 is 4.57 Å². The Bertz CT molecular complexity index is 2200. The summed E-state index contributed by atoms with van der Waals surface area (Å²) in [5.74, 6) is 0. The standard InChI is InChI=1S/C43H30NOP/c45-46(32-19-6-2-7-20-32,33-21-8-3-9-22-33)41-30-16-27-38-42(41)34-23-10-11-24-35(34)43(38)36-25-12-14-28-39(36)44(31-17-4-1-5-18-31)40-29-15-13-26-37(40)43/h1-30H. The lowest BCUT2D eigenvalue weighted by Gasteiger charge is -2.45. The minimum absolute atomic E-state index is 0.599. The van der Waals surface area contributed by atoms with Gasteiger partial charge in [-0.2, -0.15) is 0 Å². The molecule has 218 valence electrons. The van der Waals surface area contributed by atoms with Crippen molar-refractivity contribution in [1.82, 2.24) is 0 Å². The van der Waals surface area contributed by atoms with Gasteiger partial charge in [-0.1, -0.05) is 158 Å². The molecular weight excluding hydrogens is 577 g/mol. The first kappa shape index (κ1) is 26.9. The Balaban J connectivity index is 1.42. The van der Waals surface area contributed by atoms with Crippen molar-refractivity contribution in [2.45, 2.75) is 5.41 Å². The number of nitrogens with zero attached hydrogens (tertiary/aromatic N) is 1. The third-order valence-corrected chi connectivity index (χ3v) is 12.8. The molecule has 0 atom stereocenters. The van der Waals surface area contributed by atoms with Crippen LogP contribution < -0.4 is 20.8 Å². The van der Waals surface area contributed by atoms with Crippen LogP contribution in [-0.4, -0.2) is 0 Å². The van der Waals surface area contributed by atoms with Gasteiger partial charge in [0.2, 0.25) is 0 Å². The first-order chi connectivity index (χ1) is 22.7. The average molecular weight is 608 g/mol. The van der Waals surface area contributed by atoms with E-state index in [2.05, 4.69) is 126 Å². The van der Waals surface area contributed by atoms with Gasteiger partial charge in [-0.25, -0.2) is 0 Å². The summed E-state index contributed by atoms with van der Waals surface area (Å²) < 4.78 is 16.0. The first-order valence-electron chi connectivity index (χ1n) is 15.7. The monoisotopic (exact) mass is 607 g/mol. The number of hydrogen-bond donors (Lipinski definition) is 0. The van der Waals surface area contributed by atoms with E-state index in [1.807, 2.05) is 60.7 Å². The van der Waals surface area contributed by atoms with Crippen LogP contribution in [0.1, 0.15) is 22.3 Å². The summed E-state index contributed by atoms with van der Waals surface area (Å²) in [5, 5.41) is 2.56. The van der Waals surface area contributed by atoms with Crippen LogP contribution in [0.3, 0.4) is 0 Å². The van der Waals surface area contributed by atoms with Gasteiger partial charge in [-0.15, -0.1) is 0 Å². The minimum atomic E-state index is -3.28. The average Bonchev–Trinajstić information content (AvgIpc) is 3.44. The van der Waals surface area contributed by atoms with Crippen LogP contribution in [0.4, 0.5) is 17.1 Å². The highest BCUT2D eigenvalue weighted by atomic mass is 31.2. The predicted molar refractivity (Wildman–Crippen MR) is 191 cm³/mol. The second kappa shape index (κ2) is 10.3. The molecule has 3 heteroatoms. The van der Waals surface area contributed by atoms with Crippen molar-refractivity contribution in [2.75, 3.05) is 4.90 Å². The first-order valence-corrected chi connectivity index (χ1v) is 17.4. The third-order valence-electron chi connectivity index (χ3n) is 9.74. The summed E-state index contributed by atoms with van der Waals surface area (Å²) in [7, 11) is -3.28. The largest absolute Gasteiger partial charge is 0.310 e. The molecule has 2 nitrogen and oxygen atoms in total. The van der Waals surface area contributed by atoms with Gasteiger partial charge in [0, 0.05) is 21.6 Å². The molecule has 2 aliphatic rings. The van der Waals surface area contributed by atoms with E-state index in [4.69, 9.17) is 0 Å². The third kappa shape index (κ3) is 3.57. The molecule has 1 aliphatic heterocycles. The summed E-state index contributed by atoms with van der Waals surface area (Å²) in [5.41, 5.74) is 9.86. The highest BCUT2D eigenvalue weighted by molar-refractivity contribution is 7.85.